The summed E-state index contributed by atoms with van der Waals surface area (Å²) < 4.78 is 19.3. The van der Waals surface area contributed by atoms with Crippen LogP contribution >= 0.6 is 22.9 Å². The van der Waals surface area contributed by atoms with Gasteiger partial charge in [-0.15, -0.1) is 11.3 Å². The molecule has 0 aliphatic carbocycles. The van der Waals surface area contributed by atoms with Crippen molar-refractivity contribution in [2.24, 2.45) is 5.10 Å². The first-order valence-electron chi connectivity index (χ1n) is 11.9. The van der Waals surface area contributed by atoms with E-state index in [4.69, 9.17) is 16.3 Å². The fourth-order valence-electron chi connectivity index (χ4n) is 3.64. The molecule has 5 rings (SSSR count). The molecule has 1 heterocycles. The van der Waals surface area contributed by atoms with Crippen molar-refractivity contribution in [2.75, 3.05) is 5.32 Å². The number of aromatic nitrogens is 1. The van der Waals surface area contributed by atoms with E-state index in [2.05, 4.69) is 20.8 Å². The van der Waals surface area contributed by atoms with Crippen LogP contribution in [0, 0.1) is 5.82 Å². The standard InChI is InChI=1S/C30H22ClFN4O2S/c31-24-12-14-26(15-13-24)34-30-35-27(19-39-30)21-8-10-22(11-9-21)29(37)36-33-17-23-5-1-2-7-28(23)38-18-20-4-3-6-25(32)16-20/h1-17,19H,18H2,(H,34,35)(H,36,37)/b33-17-. The molecule has 0 fully saturated rings. The zero-order valence-electron chi connectivity index (χ0n) is 20.5. The first-order valence-corrected chi connectivity index (χ1v) is 13.2. The highest BCUT2D eigenvalue weighted by Crippen LogP contribution is 2.28. The Balaban J connectivity index is 1.18. The summed E-state index contributed by atoms with van der Waals surface area (Å²) in [5, 5.41) is 10.7. The lowest BCUT2D eigenvalue weighted by Gasteiger charge is -2.09. The lowest BCUT2D eigenvalue weighted by Crippen LogP contribution is -2.17. The Hall–Kier alpha value is -4.53. The predicted molar refractivity (Wildman–Crippen MR) is 155 cm³/mol. The maximum absolute atomic E-state index is 13.4. The van der Waals surface area contributed by atoms with E-state index in [1.807, 2.05) is 60.0 Å². The minimum atomic E-state index is -0.348. The number of thiazole rings is 1. The molecule has 0 unspecified atom stereocenters. The van der Waals surface area contributed by atoms with Crippen molar-refractivity contribution >= 4 is 45.9 Å². The smallest absolute Gasteiger partial charge is 0.271 e. The molecular formula is C30H22ClFN4O2S. The minimum absolute atomic E-state index is 0.207. The highest BCUT2D eigenvalue weighted by molar-refractivity contribution is 7.14. The van der Waals surface area contributed by atoms with Crippen LogP contribution in [0.4, 0.5) is 15.2 Å². The number of carbonyl (C=O) groups excluding carboxylic acids is 1. The first-order chi connectivity index (χ1) is 19.0. The number of para-hydroxylation sites is 1. The van der Waals surface area contributed by atoms with Crippen LogP contribution in [0.15, 0.2) is 108 Å². The number of halogens is 2. The predicted octanol–water partition coefficient (Wildman–Crippen LogP) is 7.69. The van der Waals surface area contributed by atoms with Gasteiger partial charge >= 0.3 is 0 Å². The summed E-state index contributed by atoms with van der Waals surface area (Å²) in [6, 6.07) is 28.0. The number of carbonyl (C=O) groups is 1. The number of hydrogen-bond acceptors (Lipinski definition) is 6. The lowest BCUT2D eigenvalue weighted by atomic mass is 10.1. The molecule has 4 aromatic carbocycles. The van der Waals surface area contributed by atoms with Crippen molar-refractivity contribution in [3.63, 3.8) is 0 Å². The molecule has 0 aliphatic heterocycles. The van der Waals surface area contributed by atoms with Gasteiger partial charge in [0.05, 0.1) is 11.9 Å². The monoisotopic (exact) mass is 556 g/mol. The minimum Gasteiger partial charge on any atom is -0.488 e. The highest BCUT2D eigenvalue weighted by Gasteiger charge is 2.09. The maximum Gasteiger partial charge on any atom is 0.271 e. The van der Waals surface area contributed by atoms with Gasteiger partial charge in [0.2, 0.25) is 0 Å². The molecule has 0 saturated carbocycles. The van der Waals surface area contributed by atoms with E-state index in [1.165, 1.54) is 29.7 Å². The fraction of sp³-hybridized carbons (Fsp3) is 0.0333. The molecule has 1 amide bonds. The Bertz CT molecular complexity index is 1600. The number of anilines is 2. The van der Waals surface area contributed by atoms with E-state index < -0.39 is 0 Å². The van der Waals surface area contributed by atoms with E-state index in [9.17, 15) is 9.18 Å². The van der Waals surface area contributed by atoms with Crippen LogP contribution < -0.4 is 15.5 Å². The number of rotatable bonds is 9. The van der Waals surface area contributed by atoms with Crippen LogP contribution in [-0.4, -0.2) is 17.1 Å². The molecule has 5 aromatic rings. The molecule has 0 aliphatic rings. The quantitative estimate of drug-likeness (QED) is 0.144. The van der Waals surface area contributed by atoms with Crippen molar-refractivity contribution < 1.29 is 13.9 Å². The van der Waals surface area contributed by atoms with Crippen molar-refractivity contribution in [3.8, 4) is 17.0 Å². The summed E-state index contributed by atoms with van der Waals surface area (Å²) in [4.78, 5) is 17.2. The zero-order valence-corrected chi connectivity index (χ0v) is 22.0. The van der Waals surface area contributed by atoms with Crippen LogP contribution in [-0.2, 0) is 6.61 Å². The van der Waals surface area contributed by atoms with Gasteiger partial charge < -0.3 is 10.1 Å². The van der Waals surface area contributed by atoms with E-state index in [0.29, 0.717) is 27.5 Å². The van der Waals surface area contributed by atoms with Crippen molar-refractivity contribution in [3.05, 3.63) is 130 Å². The Kier molecular flexibility index (Phi) is 8.26. The molecule has 0 atom stereocenters. The van der Waals surface area contributed by atoms with Crippen LogP contribution in [0.1, 0.15) is 21.5 Å². The van der Waals surface area contributed by atoms with E-state index in [-0.39, 0.29) is 18.3 Å². The van der Waals surface area contributed by atoms with E-state index >= 15 is 0 Å². The highest BCUT2D eigenvalue weighted by atomic mass is 35.5. The third-order valence-electron chi connectivity index (χ3n) is 5.61. The third kappa shape index (κ3) is 7.07. The normalized spacial score (nSPS) is 10.9. The van der Waals surface area contributed by atoms with E-state index in [0.717, 1.165) is 22.1 Å². The molecule has 2 N–H and O–H groups in total. The molecular weight excluding hydrogens is 535 g/mol. The number of hydrazone groups is 1. The number of benzene rings is 4. The van der Waals surface area contributed by atoms with Gasteiger partial charge in [-0.25, -0.2) is 14.8 Å². The summed E-state index contributed by atoms with van der Waals surface area (Å²) in [5.41, 5.74) is 6.98. The van der Waals surface area contributed by atoms with Gasteiger partial charge in [0.1, 0.15) is 18.2 Å². The van der Waals surface area contributed by atoms with Gasteiger partial charge in [-0.05, 0) is 66.2 Å². The number of nitrogens with zero attached hydrogens (tertiary/aromatic N) is 2. The topological polar surface area (TPSA) is 75.6 Å². The van der Waals surface area contributed by atoms with Gasteiger partial charge in [0, 0.05) is 32.8 Å². The summed E-state index contributed by atoms with van der Waals surface area (Å²) in [5.74, 6) is -0.0965. The second-order valence-corrected chi connectivity index (χ2v) is 9.70. The molecule has 1 aromatic heterocycles. The number of hydrogen-bond donors (Lipinski definition) is 2. The largest absolute Gasteiger partial charge is 0.488 e. The second-order valence-electron chi connectivity index (χ2n) is 8.40. The number of amides is 1. The van der Waals surface area contributed by atoms with Crippen LogP contribution in [0.25, 0.3) is 11.3 Å². The van der Waals surface area contributed by atoms with Gasteiger partial charge in [-0.2, -0.15) is 5.10 Å². The third-order valence-corrected chi connectivity index (χ3v) is 6.62. The average Bonchev–Trinajstić information content (AvgIpc) is 3.42. The maximum atomic E-state index is 13.4. The average molecular weight is 557 g/mol. The molecule has 0 bridgehead atoms. The Morgan fingerprint density at radius 1 is 1.00 bits per heavy atom. The second kappa shape index (κ2) is 12.3. The zero-order chi connectivity index (χ0) is 27.0. The molecule has 39 heavy (non-hydrogen) atoms. The van der Waals surface area contributed by atoms with Gasteiger partial charge in [0.25, 0.3) is 5.91 Å². The molecule has 0 saturated heterocycles. The lowest BCUT2D eigenvalue weighted by molar-refractivity contribution is 0.0955. The molecule has 6 nitrogen and oxygen atoms in total. The number of nitrogens with one attached hydrogen (secondary N) is 2. The molecule has 9 heteroatoms. The van der Waals surface area contributed by atoms with Crippen molar-refractivity contribution in [1.82, 2.24) is 10.4 Å². The Morgan fingerprint density at radius 2 is 1.79 bits per heavy atom. The Labute approximate surface area is 233 Å². The summed E-state index contributed by atoms with van der Waals surface area (Å²) in [6.45, 7) is 0.207. The van der Waals surface area contributed by atoms with Gasteiger partial charge in [0.15, 0.2) is 5.13 Å². The number of ether oxygens (including phenoxy) is 1. The SMILES string of the molecule is O=C(N/N=C\c1ccccc1OCc1cccc(F)c1)c1ccc(-c2csc(Nc3ccc(Cl)cc3)n2)cc1. The van der Waals surface area contributed by atoms with Crippen LogP contribution in [0.5, 0.6) is 5.75 Å². The van der Waals surface area contributed by atoms with Crippen LogP contribution in [0.2, 0.25) is 5.02 Å². The molecule has 0 radical (unpaired) electrons. The van der Waals surface area contributed by atoms with Gasteiger partial charge in [-0.3, -0.25) is 4.79 Å². The molecule has 194 valence electrons. The summed E-state index contributed by atoms with van der Waals surface area (Å²) in [6.07, 6.45) is 1.51. The summed E-state index contributed by atoms with van der Waals surface area (Å²) >= 11 is 7.43. The fourth-order valence-corrected chi connectivity index (χ4v) is 4.51. The Morgan fingerprint density at radius 3 is 2.59 bits per heavy atom. The molecule has 0 spiro atoms. The first kappa shape index (κ1) is 26.1. The van der Waals surface area contributed by atoms with Gasteiger partial charge in [-0.1, -0.05) is 48.0 Å². The summed E-state index contributed by atoms with van der Waals surface area (Å²) in [7, 11) is 0. The van der Waals surface area contributed by atoms with E-state index in [1.54, 1.807) is 30.3 Å². The van der Waals surface area contributed by atoms with Crippen LogP contribution in [0.3, 0.4) is 0 Å². The van der Waals surface area contributed by atoms with Crippen molar-refractivity contribution in [1.29, 1.82) is 0 Å². The van der Waals surface area contributed by atoms with Crippen molar-refractivity contribution in [2.45, 2.75) is 6.61 Å².